The van der Waals surface area contributed by atoms with E-state index in [0.717, 1.165) is 17.0 Å². The summed E-state index contributed by atoms with van der Waals surface area (Å²) in [6.45, 7) is 0.178. The fraction of sp³-hybridized carbons (Fsp3) is 0.100. The lowest BCUT2D eigenvalue weighted by Crippen LogP contribution is -2.07. The molecule has 0 aliphatic carbocycles. The Morgan fingerprint density at radius 2 is 1.85 bits per heavy atom. The molecule has 132 valence electrons. The highest BCUT2D eigenvalue weighted by Gasteiger charge is 2.11. The van der Waals surface area contributed by atoms with Gasteiger partial charge in [0.2, 0.25) is 0 Å². The summed E-state index contributed by atoms with van der Waals surface area (Å²) in [6, 6.07) is 15.1. The molecule has 1 heterocycles. The van der Waals surface area contributed by atoms with Crippen molar-refractivity contribution < 1.29 is 24.5 Å². The van der Waals surface area contributed by atoms with Gasteiger partial charge in [-0.25, -0.2) is 4.79 Å². The maximum Gasteiger partial charge on any atom is 0.328 e. The third-order valence-corrected chi connectivity index (χ3v) is 3.84. The second-order valence-corrected chi connectivity index (χ2v) is 5.73. The highest BCUT2D eigenvalue weighted by atomic mass is 16.5. The van der Waals surface area contributed by atoms with Gasteiger partial charge in [0.05, 0.1) is 5.52 Å². The van der Waals surface area contributed by atoms with E-state index in [4.69, 9.17) is 14.9 Å². The second kappa shape index (κ2) is 7.57. The van der Waals surface area contributed by atoms with Crippen LogP contribution in [0.15, 0.2) is 60.8 Å². The van der Waals surface area contributed by atoms with E-state index in [0.29, 0.717) is 23.4 Å². The molecule has 0 unspecified atom stereocenters. The number of fused-ring (bicyclic) bond motifs is 1. The van der Waals surface area contributed by atoms with Crippen LogP contribution >= 0.6 is 0 Å². The normalized spacial score (nSPS) is 11.1. The monoisotopic (exact) mass is 351 g/mol. The van der Waals surface area contributed by atoms with Crippen molar-refractivity contribution in [3.63, 3.8) is 0 Å². The van der Waals surface area contributed by atoms with Crippen LogP contribution in [-0.4, -0.2) is 26.7 Å². The molecule has 0 bridgehead atoms. The van der Waals surface area contributed by atoms with E-state index in [1.807, 2.05) is 30.3 Å². The number of carboxylic acids is 2. The van der Waals surface area contributed by atoms with Crippen molar-refractivity contribution >= 4 is 28.9 Å². The third kappa shape index (κ3) is 4.10. The van der Waals surface area contributed by atoms with E-state index >= 15 is 0 Å². The van der Waals surface area contributed by atoms with Gasteiger partial charge in [0.15, 0.2) is 0 Å². The Bertz CT molecular complexity index is 973. The van der Waals surface area contributed by atoms with Gasteiger partial charge in [-0.3, -0.25) is 4.79 Å². The van der Waals surface area contributed by atoms with Gasteiger partial charge in [-0.05, 0) is 23.8 Å². The Balaban J connectivity index is 1.93. The smallest absolute Gasteiger partial charge is 0.328 e. The van der Waals surface area contributed by atoms with Gasteiger partial charge in [-0.2, -0.15) is 0 Å². The number of benzene rings is 2. The number of carboxylic acid groups (broad SMARTS) is 2. The van der Waals surface area contributed by atoms with E-state index in [2.05, 4.69) is 0 Å². The van der Waals surface area contributed by atoms with Crippen LogP contribution in [0.4, 0.5) is 0 Å². The van der Waals surface area contributed by atoms with Crippen LogP contribution in [0.3, 0.4) is 0 Å². The second-order valence-electron chi connectivity index (χ2n) is 5.73. The number of aliphatic carboxylic acids is 2. The third-order valence-electron chi connectivity index (χ3n) is 3.84. The predicted molar refractivity (Wildman–Crippen MR) is 97.0 cm³/mol. The summed E-state index contributed by atoms with van der Waals surface area (Å²) in [5.41, 5.74) is 2.33. The van der Waals surface area contributed by atoms with Gasteiger partial charge in [-0.1, -0.05) is 30.3 Å². The Hall–Kier alpha value is -3.54. The molecule has 0 radical (unpaired) electrons. The minimum absolute atomic E-state index is 0.223. The first-order valence-corrected chi connectivity index (χ1v) is 7.95. The van der Waals surface area contributed by atoms with Gasteiger partial charge < -0.3 is 19.5 Å². The van der Waals surface area contributed by atoms with Crippen molar-refractivity contribution in [3.8, 4) is 5.75 Å². The lowest BCUT2D eigenvalue weighted by molar-refractivity contribution is -0.137. The molecule has 26 heavy (non-hydrogen) atoms. The average molecular weight is 351 g/mol. The zero-order valence-corrected chi connectivity index (χ0v) is 13.8. The van der Waals surface area contributed by atoms with Crippen LogP contribution in [0.2, 0.25) is 0 Å². The fourth-order valence-corrected chi connectivity index (χ4v) is 2.70. The molecule has 0 saturated heterocycles. The van der Waals surface area contributed by atoms with Gasteiger partial charge in [0.25, 0.3) is 0 Å². The first-order valence-electron chi connectivity index (χ1n) is 7.95. The summed E-state index contributed by atoms with van der Waals surface area (Å²) in [6.07, 6.45) is 4.10. The van der Waals surface area contributed by atoms with Crippen LogP contribution < -0.4 is 4.74 Å². The maximum absolute atomic E-state index is 11.1. The Morgan fingerprint density at radius 3 is 2.54 bits per heavy atom. The fourth-order valence-electron chi connectivity index (χ4n) is 2.70. The summed E-state index contributed by atoms with van der Waals surface area (Å²) in [5, 5.41) is 18.7. The average Bonchev–Trinajstić information content (AvgIpc) is 2.95. The lowest BCUT2D eigenvalue weighted by atomic mass is 10.1. The molecule has 2 N–H and O–H groups in total. The SMILES string of the molecule is O=C(O)/C=C/c1cn(CC(=O)O)c2cc(OCc3ccccc3)ccc12. The van der Waals surface area contributed by atoms with Crippen molar-refractivity contribution in [2.24, 2.45) is 0 Å². The van der Waals surface area contributed by atoms with Crippen LogP contribution in [0.25, 0.3) is 17.0 Å². The van der Waals surface area contributed by atoms with Crippen molar-refractivity contribution in [1.29, 1.82) is 0 Å². The summed E-state index contributed by atoms with van der Waals surface area (Å²) in [4.78, 5) is 21.9. The summed E-state index contributed by atoms with van der Waals surface area (Å²) in [7, 11) is 0. The number of nitrogens with zero attached hydrogens (tertiary/aromatic N) is 1. The number of ether oxygens (including phenoxy) is 1. The molecule has 0 fully saturated rings. The standard InChI is InChI=1S/C20H17NO5/c22-19(23)9-6-15-11-21(12-20(24)25)18-10-16(7-8-17(15)18)26-13-14-4-2-1-3-5-14/h1-11H,12-13H2,(H,22,23)(H,24,25)/b9-6+. The van der Waals surface area contributed by atoms with E-state index in [9.17, 15) is 9.59 Å². The highest BCUT2D eigenvalue weighted by Crippen LogP contribution is 2.27. The molecule has 0 atom stereocenters. The van der Waals surface area contributed by atoms with Gasteiger partial charge in [0, 0.05) is 29.3 Å². The number of aromatic nitrogens is 1. The van der Waals surface area contributed by atoms with Crippen molar-refractivity contribution in [2.45, 2.75) is 13.2 Å². The van der Waals surface area contributed by atoms with Crippen LogP contribution in [-0.2, 0) is 22.7 Å². The van der Waals surface area contributed by atoms with E-state index in [1.165, 1.54) is 6.08 Å². The van der Waals surface area contributed by atoms with E-state index < -0.39 is 11.9 Å². The van der Waals surface area contributed by atoms with Gasteiger partial charge in [-0.15, -0.1) is 0 Å². The van der Waals surface area contributed by atoms with Gasteiger partial charge in [0.1, 0.15) is 18.9 Å². The summed E-state index contributed by atoms with van der Waals surface area (Å²) in [5.74, 6) is -1.43. The van der Waals surface area contributed by atoms with Crippen molar-refractivity contribution in [2.75, 3.05) is 0 Å². The molecule has 0 spiro atoms. The Morgan fingerprint density at radius 1 is 1.08 bits per heavy atom. The number of hydrogen-bond acceptors (Lipinski definition) is 3. The Kier molecular flexibility index (Phi) is 5.03. The van der Waals surface area contributed by atoms with Crippen LogP contribution in [0, 0.1) is 0 Å². The van der Waals surface area contributed by atoms with Crippen molar-refractivity contribution in [3.05, 3.63) is 71.9 Å². The maximum atomic E-state index is 11.1. The lowest BCUT2D eigenvalue weighted by Gasteiger charge is -2.08. The zero-order chi connectivity index (χ0) is 18.5. The zero-order valence-electron chi connectivity index (χ0n) is 13.8. The van der Waals surface area contributed by atoms with Crippen LogP contribution in [0.1, 0.15) is 11.1 Å². The van der Waals surface area contributed by atoms with E-state index in [-0.39, 0.29) is 6.54 Å². The summed E-state index contributed by atoms with van der Waals surface area (Å²) >= 11 is 0. The largest absolute Gasteiger partial charge is 0.489 e. The number of carbonyl (C=O) groups is 2. The van der Waals surface area contributed by atoms with Gasteiger partial charge >= 0.3 is 11.9 Å². The predicted octanol–water partition coefficient (Wildman–Crippen LogP) is 3.40. The molecule has 3 aromatic rings. The van der Waals surface area contributed by atoms with E-state index in [1.54, 1.807) is 29.0 Å². The van der Waals surface area contributed by atoms with Crippen LogP contribution in [0.5, 0.6) is 5.75 Å². The molecule has 3 rings (SSSR count). The first kappa shape index (κ1) is 17.3. The molecule has 6 heteroatoms. The first-order chi connectivity index (χ1) is 12.5. The Labute approximate surface area is 149 Å². The molecule has 2 aromatic carbocycles. The highest BCUT2D eigenvalue weighted by molar-refractivity contribution is 5.94. The van der Waals surface area contributed by atoms with Crippen molar-refractivity contribution in [1.82, 2.24) is 4.57 Å². The molecule has 6 nitrogen and oxygen atoms in total. The molecular formula is C20H17NO5. The topological polar surface area (TPSA) is 88.8 Å². The number of rotatable bonds is 7. The molecule has 1 aromatic heterocycles. The quantitative estimate of drug-likeness (QED) is 0.637. The number of hydrogen-bond donors (Lipinski definition) is 2. The minimum atomic E-state index is -1.06. The minimum Gasteiger partial charge on any atom is -0.489 e. The summed E-state index contributed by atoms with van der Waals surface area (Å²) < 4.78 is 7.36. The molecular weight excluding hydrogens is 334 g/mol. The molecule has 0 aliphatic heterocycles. The molecule has 0 amide bonds. The molecule has 0 aliphatic rings. The molecule has 0 saturated carbocycles.